The van der Waals surface area contributed by atoms with Gasteiger partial charge in [0.15, 0.2) is 5.78 Å². The minimum absolute atomic E-state index is 0.164. The second-order valence-corrected chi connectivity index (χ2v) is 3.17. The summed E-state index contributed by atoms with van der Waals surface area (Å²) in [4.78, 5) is 11.0. The molecule has 0 radical (unpaired) electrons. The molecule has 0 atom stereocenters. The van der Waals surface area contributed by atoms with Gasteiger partial charge in [0.25, 0.3) is 0 Å². The quantitative estimate of drug-likeness (QED) is 0.556. The van der Waals surface area contributed by atoms with Gasteiger partial charge in [-0.2, -0.15) is 0 Å². The fourth-order valence-electron chi connectivity index (χ4n) is 1.08. The van der Waals surface area contributed by atoms with E-state index in [1.807, 2.05) is 0 Å². The van der Waals surface area contributed by atoms with Crippen molar-refractivity contribution in [1.82, 2.24) is 0 Å². The molecule has 0 aliphatic heterocycles. The Morgan fingerprint density at radius 2 is 2.00 bits per heavy atom. The maximum absolute atomic E-state index is 11.9. The van der Waals surface area contributed by atoms with E-state index in [9.17, 15) is 17.7 Å². The zero-order valence-corrected chi connectivity index (χ0v) is 8.08. The van der Waals surface area contributed by atoms with Crippen LogP contribution in [0.15, 0.2) is 30.2 Å². The van der Waals surface area contributed by atoms with E-state index in [2.05, 4.69) is 0 Å². The Hall–Kier alpha value is -1.52. The second-order valence-electron chi connectivity index (χ2n) is 3.17. The first kappa shape index (κ1) is 11.6. The van der Waals surface area contributed by atoms with Crippen LogP contribution in [0.4, 0.5) is 12.9 Å². The molecule has 1 nitrogen and oxygen atoms in total. The molecule has 0 saturated carbocycles. The predicted molar refractivity (Wildman–Crippen MR) is 54.6 cm³/mol. The van der Waals surface area contributed by atoms with Crippen molar-refractivity contribution < 1.29 is 17.7 Å². The van der Waals surface area contributed by atoms with Gasteiger partial charge in [-0.05, 0) is 18.6 Å². The van der Waals surface area contributed by atoms with E-state index in [1.54, 1.807) is 12.1 Å². The van der Waals surface area contributed by atoms with E-state index in [1.165, 1.54) is 19.1 Å². The Labute approximate surface area is 85.7 Å². The summed E-state index contributed by atoms with van der Waals surface area (Å²) in [6.45, 7) is -3.55. The van der Waals surface area contributed by atoms with Gasteiger partial charge >= 0.3 is 6.98 Å². The van der Waals surface area contributed by atoms with Gasteiger partial charge in [0.05, 0.1) is 0 Å². The smallest absolute Gasteiger partial charge is 0.445 e. The Balaban J connectivity index is 2.92. The average molecular weight is 213 g/mol. The third-order valence-corrected chi connectivity index (χ3v) is 1.80. The Bertz CT molecular complexity index is 396. The van der Waals surface area contributed by atoms with Gasteiger partial charge in [-0.15, -0.1) is 5.98 Å². The zero-order valence-electron chi connectivity index (χ0n) is 8.08. The van der Waals surface area contributed by atoms with Crippen LogP contribution >= 0.6 is 0 Å². The third kappa shape index (κ3) is 4.02. The Morgan fingerprint density at radius 1 is 1.33 bits per heavy atom. The lowest BCUT2D eigenvalue weighted by Gasteiger charge is -2.06. The molecule has 0 bridgehead atoms. The predicted octanol–water partition coefficient (Wildman–Crippen LogP) is 3.29. The molecule has 0 unspecified atom stereocenters. The molecule has 0 aliphatic rings. The number of benzene rings is 1. The number of hydrogen-bond donors (Lipinski definition) is 0. The lowest BCUT2D eigenvalue weighted by atomic mass is 9.90. The highest BCUT2D eigenvalue weighted by Crippen LogP contribution is 2.14. The number of ketones is 1. The van der Waals surface area contributed by atoms with Gasteiger partial charge in [-0.1, -0.05) is 24.3 Å². The van der Waals surface area contributed by atoms with Crippen LogP contribution in [0.5, 0.6) is 0 Å². The molecule has 5 heteroatoms. The number of carbonyl (C=O) groups is 1. The molecule has 0 amide bonds. The van der Waals surface area contributed by atoms with Crippen LogP contribution in [-0.4, -0.2) is 12.8 Å². The summed E-state index contributed by atoms with van der Waals surface area (Å²) in [6, 6.07) is 6.07. The molecule has 15 heavy (non-hydrogen) atoms. The van der Waals surface area contributed by atoms with Crippen LogP contribution in [0.2, 0.25) is 0 Å². The molecule has 0 spiro atoms. The molecule has 80 valence electrons. The third-order valence-electron chi connectivity index (χ3n) is 1.80. The summed E-state index contributed by atoms with van der Waals surface area (Å²) >= 11 is 0. The van der Waals surface area contributed by atoms with Gasteiger partial charge in [0, 0.05) is 5.56 Å². The van der Waals surface area contributed by atoms with E-state index in [-0.39, 0.29) is 11.8 Å². The van der Waals surface area contributed by atoms with E-state index in [4.69, 9.17) is 0 Å². The number of hydrogen-bond acceptors (Lipinski definition) is 1. The van der Waals surface area contributed by atoms with Crippen LogP contribution < -0.4 is 0 Å². The lowest BCUT2D eigenvalue weighted by Crippen LogP contribution is -2.09. The van der Waals surface area contributed by atoms with E-state index in [0.717, 1.165) is 6.08 Å². The van der Waals surface area contributed by atoms with E-state index >= 15 is 0 Å². The van der Waals surface area contributed by atoms with Crippen LogP contribution in [0.25, 0.3) is 6.08 Å². The van der Waals surface area contributed by atoms with Crippen molar-refractivity contribution in [3.05, 3.63) is 41.4 Å². The molecule has 0 fully saturated rings. The van der Waals surface area contributed by atoms with Crippen molar-refractivity contribution >= 4 is 18.8 Å². The SMILES string of the molecule is CC(=O)c1cccc(/C=C/[B-](F)(F)F)c1. The number of rotatable bonds is 3. The molecular weight excluding hydrogens is 204 g/mol. The van der Waals surface area contributed by atoms with Crippen LogP contribution in [-0.2, 0) is 0 Å². The second kappa shape index (κ2) is 4.34. The Morgan fingerprint density at radius 3 is 2.53 bits per heavy atom. The van der Waals surface area contributed by atoms with Crippen molar-refractivity contribution in [1.29, 1.82) is 0 Å². The molecule has 0 saturated heterocycles. The van der Waals surface area contributed by atoms with Crippen molar-refractivity contribution in [3.8, 4) is 0 Å². The summed E-state index contributed by atoms with van der Waals surface area (Å²) in [7, 11) is 0. The summed E-state index contributed by atoms with van der Waals surface area (Å²) in [5.41, 5.74) is 0.786. The molecule has 0 aliphatic carbocycles. The molecule has 0 aromatic heterocycles. The molecule has 1 rings (SSSR count). The highest BCUT2D eigenvalue weighted by molar-refractivity contribution is 6.64. The van der Waals surface area contributed by atoms with Crippen molar-refractivity contribution in [2.24, 2.45) is 0 Å². The van der Waals surface area contributed by atoms with Crippen LogP contribution in [0.3, 0.4) is 0 Å². The van der Waals surface area contributed by atoms with E-state index in [0.29, 0.717) is 11.1 Å². The van der Waals surface area contributed by atoms with Crippen molar-refractivity contribution in [3.63, 3.8) is 0 Å². The first-order valence-corrected chi connectivity index (χ1v) is 4.39. The minimum Gasteiger partial charge on any atom is -0.445 e. The number of halogens is 3. The first-order chi connectivity index (χ1) is 6.88. The van der Waals surface area contributed by atoms with Crippen molar-refractivity contribution in [2.45, 2.75) is 6.92 Å². The van der Waals surface area contributed by atoms with Crippen LogP contribution in [0, 0.1) is 0 Å². The van der Waals surface area contributed by atoms with Gasteiger partial charge < -0.3 is 12.9 Å². The molecular formula is C10H9BF3O-. The highest BCUT2D eigenvalue weighted by Gasteiger charge is 2.16. The highest BCUT2D eigenvalue weighted by atomic mass is 19.4. The lowest BCUT2D eigenvalue weighted by molar-refractivity contribution is 0.101. The normalized spacial score (nSPS) is 12.0. The van der Waals surface area contributed by atoms with E-state index < -0.39 is 6.98 Å². The average Bonchev–Trinajstić information content (AvgIpc) is 2.14. The summed E-state index contributed by atoms with van der Waals surface area (Å²) in [6.07, 6.45) is 0.965. The maximum atomic E-state index is 11.9. The Kier molecular flexibility index (Phi) is 3.34. The molecule has 0 N–H and O–H groups in total. The molecule has 0 heterocycles. The summed E-state index contributed by atoms with van der Waals surface area (Å²) in [5.74, 6) is 0.0435. The zero-order chi connectivity index (χ0) is 11.5. The molecule has 1 aromatic rings. The van der Waals surface area contributed by atoms with Gasteiger partial charge in [0.2, 0.25) is 0 Å². The van der Waals surface area contributed by atoms with Crippen LogP contribution in [0.1, 0.15) is 22.8 Å². The summed E-state index contributed by atoms with van der Waals surface area (Å²) in [5, 5.41) is 0. The van der Waals surface area contributed by atoms with Gasteiger partial charge in [0.1, 0.15) is 0 Å². The molecule has 1 aromatic carbocycles. The largest absolute Gasteiger partial charge is 0.502 e. The standard InChI is InChI=1S/C10H9BF3O/c1-8(15)10-4-2-3-9(7-10)5-6-11(12,13)14/h2-7H,1H3/q-1/b6-5+. The van der Waals surface area contributed by atoms with Crippen molar-refractivity contribution in [2.75, 3.05) is 0 Å². The fraction of sp³-hybridized carbons (Fsp3) is 0.100. The summed E-state index contributed by atoms with van der Waals surface area (Å²) < 4.78 is 35.7. The fourth-order valence-corrected chi connectivity index (χ4v) is 1.08. The van der Waals surface area contributed by atoms with Gasteiger partial charge in [-0.3, -0.25) is 4.79 Å². The number of carbonyl (C=O) groups excluding carboxylic acids is 1. The maximum Gasteiger partial charge on any atom is 0.502 e. The first-order valence-electron chi connectivity index (χ1n) is 4.39. The minimum atomic E-state index is -4.92. The monoisotopic (exact) mass is 213 g/mol. The van der Waals surface area contributed by atoms with Gasteiger partial charge in [-0.25, -0.2) is 0 Å². The topological polar surface area (TPSA) is 17.1 Å². The number of Topliss-reactive ketones (excluding diaryl/α,β-unsaturated/α-hetero) is 1.